The van der Waals surface area contributed by atoms with Gasteiger partial charge < -0.3 is 0 Å². The van der Waals surface area contributed by atoms with Gasteiger partial charge in [0, 0.05) is 33.9 Å². The lowest BCUT2D eigenvalue weighted by Crippen LogP contribution is -2.28. The summed E-state index contributed by atoms with van der Waals surface area (Å²) >= 11 is 0. The van der Waals surface area contributed by atoms with Crippen molar-refractivity contribution in [2.24, 2.45) is 0 Å². The first-order valence-corrected chi connectivity index (χ1v) is 14.5. The van der Waals surface area contributed by atoms with E-state index in [1.807, 2.05) is 133 Å². The fourth-order valence-corrected chi connectivity index (χ4v) is 5.60. The van der Waals surface area contributed by atoms with E-state index in [9.17, 15) is 9.59 Å². The first-order chi connectivity index (χ1) is 21.7. The Morgan fingerprint density at radius 2 is 0.705 bits per heavy atom. The molecule has 0 bridgehead atoms. The Bertz CT molecular complexity index is 1970. The van der Waals surface area contributed by atoms with Gasteiger partial charge in [0.25, 0.3) is 11.8 Å². The third-order valence-electron chi connectivity index (χ3n) is 7.77. The molecule has 0 aromatic heterocycles. The van der Waals surface area contributed by atoms with Crippen LogP contribution in [-0.2, 0) is 0 Å². The van der Waals surface area contributed by atoms with Gasteiger partial charge in [-0.15, -0.1) is 0 Å². The second-order valence-corrected chi connectivity index (χ2v) is 10.6. The summed E-state index contributed by atoms with van der Waals surface area (Å²) in [6, 6.07) is 54.3. The van der Waals surface area contributed by atoms with E-state index in [0.717, 1.165) is 44.3 Å². The molecule has 7 aromatic rings. The van der Waals surface area contributed by atoms with Gasteiger partial charge in [-0.2, -0.15) is 0 Å². The molecule has 2 amide bonds. The molecule has 0 unspecified atom stereocenters. The zero-order valence-electron chi connectivity index (χ0n) is 23.9. The summed E-state index contributed by atoms with van der Waals surface area (Å²) in [6.45, 7) is 0. The second-order valence-electron chi connectivity index (χ2n) is 10.6. The average Bonchev–Trinajstić information content (AvgIpc) is 3.09. The van der Waals surface area contributed by atoms with E-state index in [4.69, 9.17) is 0 Å². The van der Waals surface area contributed by atoms with Gasteiger partial charge in [0.1, 0.15) is 0 Å². The lowest BCUT2D eigenvalue weighted by atomic mass is 10.0. The van der Waals surface area contributed by atoms with E-state index in [-0.39, 0.29) is 11.8 Å². The highest BCUT2D eigenvalue weighted by Gasteiger charge is 2.24. The number of hydrogen-bond donors (Lipinski definition) is 0. The number of carbonyl (C=O) groups excluding carboxylic acids is 2. The van der Waals surface area contributed by atoms with E-state index in [0.29, 0.717) is 11.1 Å². The molecule has 0 spiro atoms. The molecule has 4 nitrogen and oxygen atoms in total. The first kappa shape index (κ1) is 26.9. The van der Waals surface area contributed by atoms with Crippen LogP contribution >= 0.6 is 0 Å². The van der Waals surface area contributed by atoms with E-state index >= 15 is 0 Å². The number of nitrogens with zero attached hydrogens (tertiary/aromatic N) is 2. The number of rotatable bonds is 6. The largest absolute Gasteiger partial charge is 0.277 e. The van der Waals surface area contributed by atoms with Crippen LogP contribution in [0, 0.1) is 0 Å². The minimum atomic E-state index is -0.224. The van der Waals surface area contributed by atoms with Gasteiger partial charge >= 0.3 is 0 Å². The van der Waals surface area contributed by atoms with Crippen LogP contribution in [0.2, 0.25) is 0 Å². The molecule has 0 aliphatic rings. The average molecular weight is 569 g/mol. The molecule has 210 valence electrons. The van der Waals surface area contributed by atoms with Crippen LogP contribution in [-0.4, -0.2) is 11.8 Å². The highest BCUT2D eigenvalue weighted by atomic mass is 16.2. The summed E-state index contributed by atoms with van der Waals surface area (Å²) in [6.07, 6.45) is 0. The molecule has 0 saturated carbocycles. The van der Waals surface area contributed by atoms with Crippen LogP contribution in [0.3, 0.4) is 0 Å². The molecule has 0 atom stereocenters. The van der Waals surface area contributed by atoms with Crippen LogP contribution in [0.25, 0.3) is 21.5 Å². The van der Waals surface area contributed by atoms with Gasteiger partial charge in [-0.25, -0.2) is 0 Å². The van der Waals surface area contributed by atoms with Crippen molar-refractivity contribution in [3.05, 3.63) is 181 Å². The predicted octanol–water partition coefficient (Wildman–Crippen LogP) is 9.95. The third-order valence-corrected chi connectivity index (χ3v) is 7.77. The van der Waals surface area contributed by atoms with E-state index in [1.165, 1.54) is 0 Å². The molecule has 0 heterocycles. The molecular formula is C40H28N2O2. The molecule has 44 heavy (non-hydrogen) atoms. The fraction of sp³-hybridized carbons (Fsp3) is 0. The van der Waals surface area contributed by atoms with Crippen molar-refractivity contribution in [3.8, 4) is 0 Å². The number of anilines is 4. The number of para-hydroxylation sites is 2. The molecule has 0 radical (unpaired) electrons. The lowest BCUT2D eigenvalue weighted by molar-refractivity contribution is 0.0998. The number of benzene rings is 7. The maximum atomic E-state index is 14.3. The predicted molar refractivity (Wildman–Crippen MR) is 180 cm³/mol. The second kappa shape index (κ2) is 11.7. The molecule has 0 aliphatic heterocycles. The molecule has 7 rings (SSSR count). The van der Waals surface area contributed by atoms with Gasteiger partial charge in [0.15, 0.2) is 0 Å². The standard InChI is InChI=1S/C40H28N2O2/c43-39(41(35-18-3-1-4-19-35)37-24-22-29-12-7-9-14-31(29)27-37)33-16-11-17-34(26-33)40(44)42(36-20-5-2-6-21-36)38-25-23-30-13-8-10-15-32(30)28-38/h1-28H. The topological polar surface area (TPSA) is 40.6 Å². The van der Waals surface area contributed by atoms with Crippen molar-refractivity contribution < 1.29 is 9.59 Å². The molecule has 0 fully saturated rings. The Kier molecular flexibility index (Phi) is 7.15. The Morgan fingerprint density at radius 3 is 1.14 bits per heavy atom. The van der Waals surface area contributed by atoms with Crippen molar-refractivity contribution in [1.29, 1.82) is 0 Å². The van der Waals surface area contributed by atoms with Crippen molar-refractivity contribution in [2.75, 3.05) is 9.80 Å². The maximum absolute atomic E-state index is 14.3. The summed E-state index contributed by atoms with van der Waals surface area (Å²) in [7, 11) is 0. The quantitative estimate of drug-likeness (QED) is 0.200. The van der Waals surface area contributed by atoms with Crippen molar-refractivity contribution >= 4 is 56.1 Å². The van der Waals surface area contributed by atoms with Crippen LogP contribution < -0.4 is 9.80 Å². The minimum Gasteiger partial charge on any atom is -0.277 e. The van der Waals surface area contributed by atoms with E-state index < -0.39 is 0 Å². The summed E-state index contributed by atoms with van der Waals surface area (Å²) in [5.74, 6) is -0.448. The Hall–Kier alpha value is -6.00. The van der Waals surface area contributed by atoms with Crippen molar-refractivity contribution in [1.82, 2.24) is 0 Å². The summed E-state index contributed by atoms with van der Waals surface area (Å²) in [5, 5.41) is 4.27. The highest BCUT2D eigenvalue weighted by molar-refractivity contribution is 6.15. The molecular weight excluding hydrogens is 540 g/mol. The normalized spacial score (nSPS) is 10.9. The zero-order valence-corrected chi connectivity index (χ0v) is 23.9. The van der Waals surface area contributed by atoms with E-state index in [2.05, 4.69) is 12.1 Å². The third kappa shape index (κ3) is 5.21. The smallest absolute Gasteiger partial charge is 0.262 e. The van der Waals surface area contributed by atoms with Crippen LogP contribution in [0.4, 0.5) is 22.7 Å². The lowest BCUT2D eigenvalue weighted by Gasteiger charge is -2.25. The molecule has 4 heteroatoms. The summed E-state index contributed by atoms with van der Waals surface area (Å²) < 4.78 is 0. The number of fused-ring (bicyclic) bond motifs is 2. The molecule has 0 aliphatic carbocycles. The Morgan fingerprint density at radius 1 is 0.318 bits per heavy atom. The SMILES string of the molecule is O=C(c1cccc(C(=O)N(c2ccccc2)c2ccc3ccccc3c2)c1)N(c1ccccc1)c1ccc2ccccc2c1. The minimum absolute atomic E-state index is 0.224. The Balaban J connectivity index is 1.29. The molecule has 0 N–H and O–H groups in total. The maximum Gasteiger partial charge on any atom is 0.262 e. The van der Waals surface area contributed by atoms with Crippen molar-refractivity contribution in [2.45, 2.75) is 0 Å². The molecule has 0 saturated heterocycles. The fourth-order valence-electron chi connectivity index (χ4n) is 5.60. The Labute approximate surface area is 256 Å². The van der Waals surface area contributed by atoms with Crippen LogP contribution in [0.1, 0.15) is 20.7 Å². The van der Waals surface area contributed by atoms with Crippen LogP contribution in [0.15, 0.2) is 170 Å². The van der Waals surface area contributed by atoms with Crippen LogP contribution in [0.5, 0.6) is 0 Å². The van der Waals surface area contributed by atoms with Gasteiger partial charge in [0.05, 0.1) is 0 Å². The van der Waals surface area contributed by atoms with E-state index in [1.54, 1.807) is 34.1 Å². The molecule has 7 aromatic carbocycles. The first-order valence-electron chi connectivity index (χ1n) is 14.5. The number of carbonyl (C=O) groups is 2. The van der Waals surface area contributed by atoms with Gasteiger partial charge in [-0.3, -0.25) is 19.4 Å². The summed E-state index contributed by atoms with van der Waals surface area (Å²) in [4.78, 5) is 32.0. The van der Waals surface area contributed by atoms with Gasteiger partial charge in [-0.05, 0) is 88.3 Å². The zero-order chi connectivity index (χ0) is 29.9. The van der Waals surface area contributed by atoms with Gasteiger partial charge in [-0.1, -0.05) is 103 Å². The summed E-state index contributed by atoms with van der Waals surface area (Å²) in [5.41, 5.74) is 3.81. The monoisotopic (exact) mass is 568 g/mol. The van der Waals surface area contributed by atoms with Crippen molar-refractivity contribution in [3.63, 3.8) is 0 Å². The number of amides is 2. The highest BCUT2D eigenvalue weighted by Crippen LogP contribution is 2.33. The number of hydrogen-bond acceptors (Lipinski definition) is 2. The van der Waals surface area contributed by atoms with Gasteiger partial charge in [0.2, 0.25) is 0 Å².